The Bertz CT molecular complexity index is 649. The van der Waals surface area contributed by atoms with Crippen molar-refractivity contribution in [1.82, 2.24) is 15.5 Å². The van der Waals surface area contributed by atoms with Crippen LogP contribution in [0, 0.1) is 11.8 Å². The fourth-order valence-electron chi connectivity index (χ4n) is 3.21. The van der Waals surface area contributed by atoms with Crippen LogP contribution in [0.2, 0.25) is 0 Å². The molecule has 21 heavy (non-hydrogen) atoms. The zero-order valence-corrected chi connectivity index (χ0v) is 12.4. The number of anilines is 1. The van der Waals surface area contributed by atoms with Gasteiger partial charge in [-0.3, -0.25) is 9.89 Å². The van der Waals surface area contributed by atoms with Gasteiger partial charge in [0.2, 0.25) is 0 Å². The summed E-state index contributed by atoms with van der Waals surface area (Å²) in [6.45, 7) is 3.01. The molecular weight excluding hydrogens is 264 g/mol. The number of carbonyl (C=O) groups excluding carboxylic acids is 1. The van der Waals surface area contributed by atoms with Gasteiger partial charge >= 0.3 is 0 Å². The standard InChI is InChI=1S/C16H22N4O/c1-10-4-2-3-5-11(10)9-18-16(21)15-13-8-12(17)6-7-14(13)19-20-15/h6-8,10-11H,2-5,9,17H2,1H3,(H,18,21)(H,19,20). The van der Waals surface area contributed by atoms with E-state index in [4.69, 9.17) is 5.73 Å². The maximum atomic E-state index is 12.3. The Morgan fingerprint density at radius 1 is 1.43 bits per heavy atom. The Labute approximate surface area is 124 Å². The van der Waals surface area contributed by atoms with Crippen molar-refractivity contribution in [3.05, 3.63) is 23.9 Å². The number of aromatic amines is 1. The summed E-state index contributed by atoms with van der Waals surface area (Å²) in [5, 5.41) is 10.8. The number of nitrogen functional groups attached to an aromatic ring is 1. The Morgan fingerprint density at radius 3 is 3.05 bits per heavy atom. The van der Waals surface area contributed by atoms with Gasteiger partial charge in [0.05, 0.1) is 5.52 Å². The molecule has 112 valence electrons. The van der Waals surface area contributed by atoms with Crippen LogP contribution >= 0.6 is 0 Å². The molecule has 1 aromatic carbocycles. The number of nitrogens with one attached hydrogen (secondary N) is 2. The molecule has 1 heterocycles. The minimum atomic E-state index is -0.121. The molecule has 0 spiro atoms. The van der Waals surface area contributed by atoms with E-state index in [2.05, 4.69) is 22.4 Å². The molecule has 0 bridgehead atoms. The van der Waals surface area contributed by atoms with Crippen molar-refractivity contribution in [3.8, 4) is 0 Å². The number of rotatable bonds is 3. The molecule has 1 fully saturated rings. The van der Waals surface area contributed by atoms with E-state index in [0.29, 0.717) is 23.2 Å². The number of carbonyl (C=O) groups is 1. The quantitative estimate of drug-likeness (QED) is 0.758. The first kappa shape index (κ1) is 13.9. The van der Waals surface area contributed by atoms with E-state index in [-0.39, 0.29) is 5.91 Å². The van der Waals surface area contributed by atoms with Gasteiger partial charge in [-0.25, -0.2) is 0 Å². The fraction of sp³-hybridized carbons (Fsp3) is 0.500. The number of nitrogens with zero attached hydrogens (tertiary/aromatic N) is 1. The lowest BCUT2D eigenvalue weighted by Gasteiger charge is -2.28. The fourth-order valence-corrected chi connectivity index (χ4v) is 3.21. The number of hydrogen-bond acceptors (Lipinski definition) is 3. The predicted octanol–water partition coefficient (Wildman–Crippen LogP) is 2.70. The smallest absolute Gasteiger partial charge is 0.272 e. The van der Waals surface area contributed by atoms with E-state index in [1.54, 1.807) is 12.1 Å². The summed E-state index contributed by atoms with van der Waals surface area (Å²) >= 11 is 0. The third kappa shape index (κ3) is 2.86. The molecule has 2 aromatic rings. The average Bonchev–Trinajstić information content (AvgIpc) is 2.89. The molecule has 1 amide bonds. The van der Waals surface area contributed by atoms with E-state index in [0.717, 1.165) is 17.4 Å². The zero-order chi connectivity index (χ0) is 14.8. The Kier molecular flexibility index (Phi) is 3.82. The minimum absolute atomic E-state index is 0.121. The van der Waals surface area contributed by atoms with Gasteiger partial charge in [0, 0.05) is 17.6 Å². The highest BCUT2D eigenvalue weighted by Crippen LogP contribution is 2.29. The van der Waals surface area contributed by atoms with Crippen LogP contribution in [0.1, 0.15) is 43.1 Å². The molecule has 5 nitrogen and oxygen atoms in total. The molecule has 1 aromatic heterocycles. The first-order valence-electron chi connectivity index (χ1n) is 7.67. The monoisotopic (exact) mass is 286 g/mol. The normalized spacial score (nSPS) is 22.3. The zero-order valence-electron chi connectivity index (χ0n) is 12.4. The molecule has 0 radical (unpaired) electrons. The van der Waals surface area contributed by atoms with Crippen LogP contribution in [0.4, 0.5) is 5.69 Å². The van der Waals surface area contributed by atoms with Gasteiger partial charge in [-0.05, 0) is 36.5 Å². The third-order valence-corrected chi connectivity index (χ3v) is 4.62. The largest absolute Gasteiger partial charge is 0.399 e. The Balaban J connectivity index is 1.70. The van der Waals surface area contributed by atoms with Crippen LogP contribution < -0.4 is 11.1 Å². The molecule has 4 N–H and O–H groups in total. The summed E-state index contributed by atoms with van der Waals surface area (Å²) in [6.07, 6.45) is 5.06. The van der Waals surface area contributed by atoms with Crippen molar-refractivity contribution in [3.63, 3.8) is 0 Å². The van der Waals surface area contributed by atoms with Gasteiger partial charge in [0.25, 0.3) is 5.91 Å². The van der Waals surface area contributed by atoms with Gasteiger partial charge in [0.15, 0.2) is 5.69 Å². The first-order valence-corrected chi connectivity index (χ1v) is 7.67. The summed E-state index contributed by atoms with van der Waals surface area (Å²) in [4.78, 5) is 12.3. The van der Waals surface area contributed by atoms with Crippen LogP contribution in [0.3, 0.4) is 0 Å². The average molecular weight is 286 g/mol. The lowest BCUT2D eigenvalue weighted by Crippen LogP contribution is -2.33. The van der Waals surface area contributed by atoms with E-state index >= 15 is 0 Å². The second kappa shape index (κ2) is 5.76. The van der Waals surface area contributed by atoms with E-state index in [1.807, 2.05) is 6.07 Å². The van der Waals surface area contributed by atoms with Crippen molar-refractivity contribution < 1.29 is 4.79 Å². The van der Waals surface area contributed by atoms with Gasteiger partial charge < -0.3 is 11.1 Å². The molecule has 0 aliphatic heterocycles. The SMILES string of the molecule is CC1CCCCC1CNC(=O)c1n[nH]c2ccc(N)cc12. The van der Waals surface area contributed by atoms with Gasteiger partial charge in [-0.1, -0.05) is 26.2 Å². The van der Waals surface area contributed by atoms with Gasteiger partial charge in [0.1, 0.15) is 0 Å². The molecular formula is C16H22N4O. The predicted molar refractivity (Wildman–Crippen MR) is 84.0 cm³/mol. The lowest BCUT2D eigenvalue weighted by molar-refractivity contribution is 0.0933. The van der Waals surface area contributed by atoms with Crippen molar-refractivity contribution in [2.75, 3.05) is 12.3 Å². The molecule has 1 saturated carbocycles. The summed E-state index contributed by atoms with van der Waals surface area (Å²) in [7, 11) is 0. The Morgan fingerprint density at radius 2 is 2.24 bits per heavy atom. The highest BCUT2D eigenvalue weighted by Gasteiger charge is 2.22. The Hall–Kier alpha value is -2.04. The van der Waals surface area contributed by atoms with Crippen molar-refractivity contribution >= 4 is 22.5 Å². The van der Waals surface area contributed by atoms with Crippen LogP contribution in [0.25, 0.3) is 10.9 Å². The number of fused-ring (bicyclic) bond motifs is 1. The highest BCUT2D eigenvalue weighted by atomic mass is 16.1. The van der Waals surface area contributed by atoms with Crippen LogP contribution in [-0.2, 0) is 0 Å². The number of nitrogens with two attached hydrogens (primary N) is 1. The van der Waals surface area contributed by atoms with Crippen LogP contribution in [-0.4, -0.2) is 22.6 Å². The molecule has 5 heteroatoms. The molecule has 0 saturated heterocycles. The number of H-pyrrole nitrogens is 1. The van der Waals surface area contributed by atoms with E-state index in [1.165, 1.54) is 25.7 Å². The molecule has 2 atom stereocenters. The van der Waals surface area contributed by atoms with E-state index in [9.17, 15) is 4.79 Å². The van der Waals surface area contributed by atoms with Crippen molar-refractivity contribution in [1.29, 1.82) is 0 Å². The van der Waals surface area contributed by atoms with E-state index < -0.39 is 0 Å². The number of benzene rings is 1. The summed E-state index contributed by atoms with van der Waals surface area (Å²) < 4.78 is 0. The summed E-state index contributed by atoms with van der Waals surface area (Å²) in [5.74, 6) is 1.15. The van der Waals surface area contributed by atoms with Crippen LogP contribution in [0.5, 0.6) is 0 Å². The van der Waals surface area contributed by atoms with Crippen molar-refractivity contribution in [2.24, 2.45) is 11.8 Å². The molecule has 1 aliphatic rings. The first-order chi connectivity index (χ1) is 10.1. The molecule has 2 unspecified atom stereocenters. The van der Waals surface area contributed by atoms with Gasteiger partial charge in [-0.15, -0.1) is 0 Å². The van der Waals surface area contributed by atoms with Crippen molar-refractivity contribution in [2.45, 2.75) is 32.6 Å². The highest BCUT2D eigenvalue weighted by molar-refractivity contribution is 6.05. The maximum Gasteiger partial charge on any atom is 0.272 e. The minimum Gasteiger partial charge on any atom is -0.399 e. The number of amides is 1. The maximum absolute atomic E-state index is 12.3. The molecule has 1 aliphatic carbocycles. The second-order valence-corrected chi connectivity index (χ2v) is 6.11. The van der Waals surface area contributed by atoms with Crippen LogP contribution in [0.15, 0.2) is 18.2 Å². The van der Waals surface area contributed by atoms with Gasteiger partial charge in [-0.2, -0.15) is 5.10 Å². The third-order valence-electron chi connectivity index (χ3n) is 4.62. The number of aromatic nitrogens is 2. The summed E-state index contributed by atoms with van der Waals surface area (Å²) in [5.41, 5.74) is 7.69. The topological polar surface area (TPSA) is 83.8 Å². The number of hydrogen-bond donors (Lipinski definition) is 3. The summed E-state index contributed by atoms with van der Waals surface area (Å²) in [6, 6.07) is 5.43. The second-order valence-electron chi connectivity index (χ2n) is 6.11. The molecule has 3 rings (SSSR count). The lowest BCUT2D eigenvalue weighted by atomic mass is 9.80.